The van der Waals surface area contributed by atoms with E-state index in [0.29, 0.717) is 5.82 Å². The number of carbonyl (C=O) groups is 1. The molecule has 1 saturated heterocycles. The second kappa shape index (κ2) is 9.69. The number of hydrogen-bond acceptors (Lipinski definition) is 7. The summed E-state index contributed by atoms with van der Waals surface area (Å²) < 4.78 is 5.82. The minimum absolute atomic E-state index is 0.0148. The van der Waals surface area contributed by atoms with Crippen molar-refractivity contribution in [3.05, 3.63) is 72.0 Å². The maximum atomic E-state index is 13.4. The van der Waals surface area contributed by atoms with Crippen LogP contribution in [0.5, 0.6) is 0 Å². The van der Waals surface area contributed by atoms with E-state index in [-0.39, 0.29) is 24.0 Å². The number of methoxy groups -OCH3 is 1. The van der Waals surface area contributed by atoms with Gasteiger partial charge in [-0.05, 0) is 42.2 Å². The lowest BCUT2D eigenvalue weighted by Gasteiger charge is -2.41. The van der Waals surface area contributed by atoms with E-state index in [1.807, 2.05) is 12.3 Å². The van der Waals surface area contributed by atoms with E-state index in [1.165, 1.54) is 0 Å². The molecule has 3 heterocycles. The Morgan fingerprint density at radius 2 is 1.92 bits per heavy atom. The van der Waals surface area contributed by atoms with Gasteiger partial charge in [0.1, 0.15) is 5.82 Å². The van der Waals surface area contributed by atoms with Crippen LogP contribution >= 0.6 is 0 Å². The summed E-state index contributed by atoms with van der Waals surface area (Å²) in [5.74, 6) is 0.808. The van der Waals surface area contributed by atoms with E-state index < -0.39 is 5.41 Å². The fourth-order valence-electron chi connectivity index (χ4n) is 5.80. The van der Waals surface area contributed by atoms with Crippen molar-refractivity contribution in [1.82, 2.24) is 15.2 Å². The van der Waals surface area contributed by atoms with Gasteiger partial charge in [0.2, 0.25) is 5.91 Å². The van der Waals surface area contributed by atoms with Crippen LogP contribution in [0.1, 0.15) is 30.0 Å². The van der Waals surface area contributed by atoms with Crippen LogP contribution in [0.25, 0.3) is 0 Å². The molecule has 2 aliphatic heterocycles. The Morgan fingerprint density at radius 3 is 2.67 bits per heavy atom. The van der Waals surface area contributed by atoms with E-state index in [4.69, 9.17) is 9.72 Å². The molecule has 8 heteroatoms. The Hall–Kier alpha value is -3.20. The lowest BCUT2D eigenvalue weighted by Crippen LogP contribution is -2.48. The molecule has 3 unspecified atom stereocenters. The zero-order chi connectivity index (χ0) is 24.5. The Morgan fingerprint density at radius 1 is 1.11 bits per heavy atom. The van der Waals surface area contributed by atoms with Crippen molar-refractivity contribution in [2.45, 2.75) is 30.4 Å². The maximum Gasteiger partial charge on any atom is 0.236 e. The van der Waals surface area contributed by atoms with Crippen molar-refractivity contribution in [3.8, 4) is 0 Å². The second-order valence-corrected chi connectivity index (χ2v) is 10.1. The molecule has 2 aromatic rings. The van der Waals surface area contributed by atoms with Crippen LogP contribution in [-0.2, 0) is 14.9 Å². The Bertz CT molecular complexity index is 1170. The van der Waals surface area contributed by atoms with E-state index in [0.717, 1.165) is 68.2 Å². The van der Waals surface area contributed by atoms with Crippen molar-refractivity contribution in [1.29, 1.82) is 0 Å². The van der Waals surface area contributed by atoms with Gasteiger partial charge in [-0.1, -0.05) is 36.4 Å². The summed E-state index contributed by atoms with van der Waals surface area (Å²) in [4.78, 5) is 20.6. The summed E-state index contributed by atoms with van der Waals surface area (Å²) in [5, 5.41) is 13.2. The highest BCUT2D eigenvalue weighted by atomic mass is 16.5. The fourth-order valence-corrected chi connectivity index (χ4v) is 5.80. The van der Waals surface area contributed by atoms with Gasteiger partial charge in [0.05, 0.1) is 29.6 Å². The third kappa shape index (κ3) is 4.30. The van der Waals surface area contributed by atoms with Crippen LogP contribution in [-0.4, -0.2) is 61.9 Å². The van der Waals surface area contributed by atoms with Crippen molar-refractivity contribution in [3.63, 3.8) is 0 Å². The molecule has 36 heavy (non-hydrogen) atoms. The Kier molecular flexibility index (Phi) is 6.25. The zero-order valence-electron chi connectivity index (χ0n) is 20.7. The van der Waals surface area contributed by atoms with E-state index in [2.05, 4.69) is 74.7 Å². The number of benzene rings is 1. The van der Waals surface area contributed by atoms with Crippen LogP contribution in [0.15, 0.2) is 60.8 Å². The monoisotopic (exact) mass is 486 g/mol. The van der Waals surface area contributed by atoms with Crippen molar-refractivity contribution in [2.75, 3.05) is 55.9 Å². The van der Waals surface area contributed by atoms with Crippen LogP contribution < -0.4 is 21.3 Å². The molecular formula is C28H34N6O2. The number of allylic oxidation sites excluding steroid dienone is 2. The maximum absolute atomic E-state index is 13.4. The molecule has 2 aliphatic carbocycles. The molecule has 0 radical (unpaired) electrons. The average molecular weight is 487 g/mol. The topological polar surface area (TPSA) is 90.5 Å². The molecule has 0 spiro atoms. The standard InChI is InChI=1S/C28H34N6O2/c1-36-24-5-3-2-4-21(24)26(34-14-12-29-13-15-34)19-6-9-25(30-17-19)33-27(35)28(10-11-28)20-7-8-22-23(16-20)32-18-31-22/h2-9,16-17,21,24,26,29,31-32H,10-15,18H2,1H3,(H,30,33,35). The molecule has 4 N–H and O–H groups in total. The number of rotatable bonds is 7. The van der Waals surface area contributed by atoms with Crippen LogP contribution in [0.3, 0.4) is 0 Å². The Labute approximate surface area is 212 Å². The molecule has 6 rings (SSSR count). The minimum atomic E-state index is -0.464. The number of ether oxygens (including phenoxy) is 1. The first-order valence-electron chi connectivity index (χ1n) is 12.9. The summed E-state index contributed by atoms with van der Waals surface area (Å²) in [7, 11) is 1.77. The summed E-state index contributed by atoms with van der Waals surface area (Å²) in [6, 6.07) is 10.4. The number of piperazine rings is 1. The molecule has 2 fully saturated rings. The fraction of sp³-hybridized carbons (Fsp3) is 0.429. The molecule has 188 valence electrons. The van der Waals surface area contributed by atoms with Crippen molar-refractivity contribution < 1.29 is 9.53 Å². The quantitative estimate of drug-likeness (QED) is 0.478. The lowest BCUT2D eigenvalue weighted by molar-refractivity contribution is -0.118. The highest BCUT2D eigenvalue weighted by Crippen LogP contribution is 2.50. The van der Waals surface area contributed by atoms with Crippen LogP contribution in [0.2, 0.25) is 0 Å². The number of pyridine rings is 1. The molecule has 0 bridgehead atoms. The summed E-state index contributed by atoms with van der Waals surface area (Å²) in [5.41, 5.74) is 3.89. The Balaban J connectivity index is 1.21. The van der Waals surface area contributed by atoms with Gasteiger partial charge in [-0.15, -0.1) is 0 Å². The highest BCUT2D eigenvalue weighted by molar-refractivity contribution is 6.01. The minimum Gasteiger partial charge on any atom is -0.377 e. The highest BCUT2D eigenvalue weighted by Gasteiger charge is 2.51. The van der Waals surface area contributed by atoms with Crippen LogP contribution in [0.4, 0.5) is 17.2 Å². The first-order valence-corrected chi connectivity index (χ1v) is 12.9. The first kappa shape index (κ1) is 23.2. The molecular weight excluding hydrogens is 452 g/mol. The number of nitrogens with one attached hydrogen (secondary N) is 4. The number of amides is 1. The summed E-state index contributed by atoms with van der Waals surface area (Å²) >= 11 is 0. The van der Waals surface area contributed by atoms with Crippen LogP contribution in [0, 0.1) is 5.92 Å². The van der Waals surface area contributed by atoms with Gasteiger partial charge in [0.25, 0.3) is 0 Å². The summed E-state index contributed by atoms with van der Waals surface area (Å²) in [6.45, 7) is 4.61. The molecule has 8 nitrogen and oxygen atoms in total. The van der Waals surface area contributed by atoms with Gasteiger partial charge in [-0.2, -0.15) is 0 Å². The van der Waals surface area contributed by atoms with E-state index >= 15 is 0 Å². The van der Waals surface area contributed by atoms with Gasteiger partial charge in [-0.3, -0.25) is 9.69 Å². The molecule has 1 saturated carbocycles. The van der Waals surface area contributed by atoms with Crippen molar-refractivity contribution >= 4 is 23.1 Å². The molecule has 1 aromatic carbocycles. The van der Waals surface area contributed by atoms with E-state index in [9.17, 15) is 4.79 Å². The van der Waals surface area contributed by atoms with Gasteiger partial charge in [0, 0.05) is 51.4 Å². The van der Waals surface area contributed by atoms with Gasteiger partial charge >= 0.3 is 0 Å². The number of aromatic nitrogens is 1. The number of fused-ring (bicyclic) bond motifs is 1. The van der Waals surface area contributed by atoms with Gasteiger partial charge in [0.15, 0.2) is 0 Å². The SMILES string of the molecule is COC1C=CC=CC1C(c1ccc(NC(=O)C2(c3ccc4c(c3)NCN4)CC2)nc1)N1CCNCC1. The number of carbonyl (C=O) groups excluding carboxylic acids is 1. The second-order valence-electron chi connectivity index (χ2n) is 10.1. The normalized spacial score (nSPS) is 24.9. The van der Waals surface area contributed by atoms with Gasteiger partial charge < -0.3 is 26.0 Å². The first-order chi connectivity index (χ1) is 17.7. The molecule has 1 amide bonds. The third-order valence-electron chi connectivity index (χ3n) is 7.99. The van der Waals surface area contributed by atoms with Crippen molar-refractivity contribution in [2.24, 2.45) is 5.92 Å². The largest absolute Gasteiger partial charge is 0.377 e. The lowest BCUT2D eigenvalue weighted by atomic mass is 9.85. The molecule has 3 atom stereocenters. The number of hydrogen-bond donors (Lipinski definition) is 4. The zero-order valence-corrected chi connectivity index (χ0v) is 20.7. The number of nitrogens with zero attached hydrogens (tertiary/aromatic N) is 2. The number of anilines is 3. The van der Waals surface area contributed by atoms with Gasteiger partial charge in [-0.25, -0.2) is 4.98 Å². The third-order valence-corrected chi connectivity index (χ3v) is 7.99. The smallest absolute Gasteiger partial charge is 0.236 e. The molecule has 4 aliphatic rings. The van der Waals surface area contributed by atoms with E-state index in [1.54, 1.807) is 7.11 Å². The summed E-state index contributed by atoms with van der Waals surface area (Å²) in [6.07, 6.45) is 12.2. The predicted molar refractivity (Wildman–Crippen MR) is 142 cm³/mol. The predicted octanol–water partition coefficient (Wildman–Crippen LogP) is 3.25. The molecule has 1 aromatic heterocycles. The average Bonchev–Trinajstić information content (AvgIpc) is 3.61.